The Bertz CT molecular complexity index is 484. The van der Waals surface area contributed by atoms with Crippen molar-refractivity contribution in [3.05, 3.63) is 45.1 Å². The van der Waals surface area contributed by atoms with Crippen molar-refractivity contribution in [3.63, 3.8) is 0 Å². The highest BCUT2D eigenvalue weighted by molar-refractivity contribution is 9.10. The van der Waals surface area contributed by atoms with Gasteiger partial charge >= 0.3 is 0 Å². The minimum atomic E-state index is -0.254. The van der Waals surface area contributed by atoms with Crippen LogP contribution in [0.5, 0.6) is 0 Å². The second-order valence-electron chi connectivity index (χ2n) is 3.07. The maximum Gasteiger partial charge on any atom is 0.180 e. The van der Waals surface area contributed by atoms with Crippen LogP contribution < -0.4 is 5.73 Å². The Balaban J connectivity index is 2.28. The van der Waals surface area contributed by atoms with Crippen molar-refractivity contribution < 1.29 is 4.39 Å². The normalized spacial score (nSPS) is 10.5. The number of halogens is 2. The maximum absolute atomic E-state index is 13.2. The molecule has 0 unspecified atom stereocenters. The van der Waals surface area contributed by atoms with Gasteiger partial charge < -0.3 is 5.73 Å². The first kappa shape index (κ1) is 10.6. The van der Waals surface area contributed by atoms with Gasteiger partial charge in [-0.25, -0.2) is 9.37 Å². The Hall–Kier alpha value is -0.940. The lowest BCUT2D eigenvalue weighted by molar-refractivity contribution is 0.619. The quantitative estimate of drug-likeness (QED) is 0.921. The summed E-state index contributed by atoms with van der Waals surface area (Å²) in [6, 6.07) is 4.97. The van der Waals surface area contributed by atoms with Crippen LogP contribution in [0.15, 0.2) is 28.1 Å². The Kier molecular flexibility index (Phi) is 3.02. The van der Waals surface area contributed by atoms with Crippen LogP contribution in [0.2, 0.25) is 0 Å². The number of hydrogen-bond acceptors (Lipinski definition) is 3. The smallest absolute Gasteiger partial charge is 0.180 e. The van der Waals surface area contributed by atoms with Gasteiger partial charge in [0.15, 0.2) is 5.13 Å². The van der Waals surface area contributed by atoms with Gasteiger partial charge in [0.25, 0.3) is 0 Å². The highest BCUT2D eigenvalue weighted by atomic mass is 79.9. The molecule has 0 aliphatic rings. The third kappa shape index (κ3) is 2.35. The first-order chi connectivity index (χ1) is 7.16. The van der Waals surface area contributed by atoms with Crippen LogP contribution >= 0.6 is 27.3 Å². The molecule has 2 rings (SSSR count). The van der Waals surface area contributed by atoms with Gasteiger partial charge in [0.1, 0.15) is 5.82 Å². The molecule has 0 aliphatic heterocycles. The van der Waals surface area contributed by atoms with Crippen molar-refractivity contribution >= 4 is 32.4 Å². The molecule has 2 N–H and O–H groups in total. The second kappa shape index (κ2) is 4.28. The molecule has 1 heterocycles. The van der Waals surface area contributed by atoms with E-state index in [-0.39, 0.29) is 5.82 Å². The molecule has 15 heavy (non-hydrogen) atoms. The average molecular weight is 287 g/mol. The minimum Gasteiger partial charge on any atom is -0.375 e. The fourth-order valence-corrected chi connectivity index (χ4v) is 2.25. The largest absolute Gasteiger partial charge is 0.375 e. The number of nitrogen functional groups attached to an aromatic ring is 1. The molecule has 0 saturated carbocycles. The molecule has 0 spiro atoms. The number of nitrogens with zero attached hydrogens (tertiary/aromatic N) is 1. The molecular weight excluding hydrogens is 279 g/mol. The molecule has 0 atom stereocenters. The first-order valence-corrected chi connectivity index (χ1v) is 5.97. The van der Waals surface area contributed by atoms with Gasteiger partial charge in [0.2, 0.25) is 0 Å². The summed E-state index contributed by atoms with van der Waals surface area (Å²) < 4.78 is 13.7. The van der Waals surface area contributed by atoms with Crippen LogP contribution in [-0.4, -0.2) is 4.98 Å². The van der Waals surface area contributed by atoms with E-state index < -0.39 is 0 Å². The van der Waals surface area contributed by atoms with Gasteiger partial charge in [-0.05, 0) is 27.6 Å². The van der Waals surface area contributed by atoms with Crippen molar-refractivity contribution in [2.75, 3.05) is 5.73 Å². The van der Waals surface area contributed by atoms with E-state index in [2.05, 4.69) is 20.9 Å². The molecule has 0 saturated heterocycles. The molecule has 0 bridgehead atoms. The fourth-order valence-electron chi connectivity index (χ4n) is 1.28. The van der Waals surface area contributed by atoms with Gasteiger partial charge in [-0.3, -0.25) is 0 Å². The summed E-state index contributed by atoms with van der Waals surface area (Å²) in [5.74, 6) is -0.254. The lowest BCUT2D eigenvalue weighted by Gasteiger charge is -2.02. The van der Waals surface area contributed by atoms with E-state index in [1.807, 2.05) is 11.4 Å². The standard InChI is InChI=1S/C10H8BrFN2S/c11-9-6(2-1-3-8(9)12)4-7-5-15-10(13)14-7/h1-3,5H,4H2,(H2,13,14). The molecule has 0 amide bonds. The van der Waals surface area contributed by atoms with Crippen LogP contribution in [-0.2, 0) is 6.42 Å². The van der Waals surface area contributed by atoms with Gasteiger partial charge in [0.05, 0.1) is 10.2 Å². The highest BCUT2D eigenvalue weighted by Gasteiger charge is 2.07. The molecule has 78 valence electrons. The van der Waals surface area contributed by atoms with E-state index in [1.165, 1.54) is 17.4 Å². The third-order valence-corrected chi connectivity index (χ3v) is 3.58. The van der Waals surface area contributed by atoms with Crippen LogP contribution in [0.1, 0.15) is 11.3 Å². The van der Waals surface area contributed by atoms with Crippen LogP contribution in [0.4, 0.5) is 9.52 Å². The molecular formula is C10H8BrFN2S. The molecule has 1 aromatic carbocycles. The number of aromatic nitrogens is 1. The SMILES string of the molecule is Nc1nc(Cc2cccc(F)c2Br)cs1. The summed E-state index contributed by atoms with van der Waals surface area (Å²) in [7, 11) is 0. The fraction of sp³-hybridized carbons (Fsp3) is 0.100. The van der Waals surface area contributed by atoms with Crippen molar-refractivity contribution in [3.8, 4) is 0 Å². The van der Waals surface area contributed by atoms with Crippen LogP contribution in [0.25, 0.3) is 0 Å². The molecule has 5 heteroatoms. The summed E-state index contributed by atoms with van der Waals surface area (Å²) in [6.07, 6.45) is 0.589. The zero-order valence-electron chi connectivity index (χ0n) is 7.71. The van der Waals surface area contributed by atoms with E-state index >= 15 is 0 Å². The first-order valence-electron chi connectivity index (χ1n) is 4.29. The van der Waals surface area contributed by atoms with Crippen molar-refractivity contribution in [1.29, 1.82) is 0 Å². The number of anilines is 1. The predicted octanol–water partition coefficient (Wildman–Crippen LogP) is 3.22. The Labute approximate surface area is 99.1 Å². The van der Waals surface area contributed by atoms with Gasteiger partial charge in [-0.15, -0.1) is 11.3 Å². The third-order valence-electron chi connectivity index (χ3n) is 1.97. The second-order valence-corrected chi connectivity index (χ2v) is 4.75. The van der Waals surface area contributed by atoms with Crippen LogP contribution in [0, 0.1) is 5.82 Å². The monoisotopic (exact) mass is 286 g/mol. The summed E-state index contributed by atoms with van der Waals surface area (Å²) in [5, 5.41) is 2.42. The highest BCUT2D eigenvalue weighted by Crippen LogP contribution is 2.23. The van der Waals surface area contributed by atoms with Crippen molar-refractivity contribution in [2.24, 2.45) is 0 Å². The van der Waals surface area contributed by atoms with Crippen LogP contribution in [0.3, 0.4) is 0 Å². The maximum atomic E-state index is 13.2. The van der Waals surface area contributed by atoms with Crippen molar-refractivity contribution in [2.45, 2.75) is 6.42 Å². The molecule has 2 aromatic rings. The Morgan fingerprint density at radius 2 is 2.27 bits per heavy atom. The zero-order valence-corrected chi connectivity index (χ0v) is 10.1. The van der Waals surface area contributed by atoms with Crippen molar-refractivity contribution in [1.82, 2.24) is 4.98 Å². The summed E-state index contributed by atoms with van der Waals surface area (Å²) in [4.78, 5) is 4.13. The Morgan fingerprint density at radius 3 is 2.93 bits per heavy atom. The summed E-state index contributed by atoms with van der Waals surface area (Å²) >= 11 is 4.61. The number of thiazole rings is 1. The van der Waals surface area contributed by atoms with Gasteiger partial charge in [-0.2, -0.15) is 0 Å². The zero-order chi connectivity index (χ0) is 10.8. The molecule has 1 aromatic heterocycles. The Morgan fingerprint density at radius 1 is 1.47 bits per heavy atom. The molecule has 2 nitrogen and oxygen atoms in total. The van der Waals surface area contributed by atoms with E-state index in [0.717, 1.165) is 11.3 Å². The van der Waals surface area contributed by atoms with Gasteiger partial charge in [-0.1, -0.05) is 12.1 Å². The molecule has 0 fully saturated rings. The minimum absolute atomic E-state index is 0.254. The summed E-state index contributed by atoms with van der Waals surface area (Å²) in [5.41, 5.74) is 7.26. The van der Waals surface area contributed by atoms with E-state index in [0.29, 0.717) is 16.0 Å². The van der Waals surface area contributed by atoms with E-state index in [9.17, 15) is 4.39 Å². The number of benzene rings is 1. The lowest BCUT2D eigenvalue weighted by atomic mass is 10.1. The number of rotatable bonds is 2. The number of hydrogen-bond donors (Lipinski definition) is 1. The molecule has 0 radical (unpaired) electrons. The molecule has 0 aliphatic carbocycles. The predicted molar refractivity (Wildman–Crippen MR) is 63.4 cm³/mol. The lowest BCUT2D eigenvalue weighted by Crippen LogP contribution is -1.92. The van der Waals surface area contributed by atoms with E-state index in [1.54, 1.807) is 6.07 Å². The number of nitrogens with two attached hydrogens (primary N) is 1. The summed E-state index contributed by atoms with van der Waals surface area (Å²) in [6.45, 7) is 0. The topological polar surface area (TPSA) is 38.9 Å². The average Bonchev–Trinajstić information content (AvgIpc) is 2.59. The van der Waals surface area contributed by atoms with Gasteiger partial charge in [0, 0.05) is 11.8 Å². The van der Waals surface area contributed by atoms with E-state index in [4.69, 9.17) is 5.73 Å².